The first kappa shape index (κ1) is 56.3. The number of unbranched alkanes of at least 4 members (excludes halogenated alkanes) is 19. The van der Waals surface area contributed by atoms with Crippen LogP contribution in [0.1, 0.15) is 207 Å². The Bertz CT molecular complexity index is 1230. The van der Waals surface area contributed by atoms with Gasteiger partial charge in [0.2, 0.25) is 0 Å². The molecule has 0 aromatic rings. The first-order valence-electron chi connectivity index (χ1n) is 24.3. The van der Waals surface area contributed by atoms with Gasteiger partial charge in [-0.25, -0.2) is 0 Å². The third-order valence-corrected chi connectivity index (χ3v) is 9.90. The lowest BCUT2D eigenvalue weighted by Crippen LogP contribution is -2.30. The zero-order valence-electron chi connectivity index (χ0n) is 38.7. The van der Waals surface area contributed by atoms with Crippen molar-refractivity contribution in [2.24, 2.45) is 0 Å². The van der Waals surface area contributed by atoms with Crippen LogP contribution < -0.4 is 0 Å². The van der Waals surface area contributed by atoms with Gasteiger partial charge in [0.1, 0.15) is 13.2 Å². The molecule has 0 aliphatic heterocycles. The van der Waals surface area contributed by atoms with Gasteiger partial charge in [0.15, 0.2) is 6.10 Å². The van der Waals surface area contributed by atoms with Crippen LogP contribution in [0, 0.1) is 0 Å². The van der Waals surface area contributed by atoms with Gasteiger partial charge >= 0.3 is 17.9 Å². The van der Waals surface area contributed by atoms with Crippen molar-refractivity contribution in [2.75, 3.05) is 13.2 Å². The Balaban J connectivity index is 4.46. The minimum Gasteiger partial charge on any atom is -0.462 e. The summed E-state index contributed by atoms with van der Waals surface area (Å²) in [6, 6.07) is 0. The topological polar surface area (TPSA) is 78.9 Å². The van der Waals surface area contributed by atoms with E-state index in [9.17, 15) is 14.4 Å². The first-order chi connectivity index (χ1) is 29.5. The van der Waals surface area contributed by atoms with E-state index in [1.165, 1.54) is 38.5 Å². The minimum absolute atomic E-state index is 0.0977. The molecule has 0 heterocycles. The predicted octanol–water partition coefficient (Wildman–Crippen LogP) is 15.8. The summed E-state index contributed by atoms with van der Waals surface area (Å²) in [5.41, 5.74) is 0. The summed E-state index contributed by atoms with van der Waals surface area (Å²) in [6.45, 7) is 6.35. The molecule has 6 nitrogen and oxygen atoms in total. The van der Waals surface area contributed by atoms with E-state index in [2.05, 4.69) is 81.5 Å². The molecule has 0 bridgehead atoms. The molecule has 1 unspecified atom stereocenters. The fourth-order valence-corrected chi connectivity index (χ4v) is 6.27. The first-order valence-corrected chi connectivity index (χ1v) is 24.3. The van der Waals surface area contributed by atoms with E-state index in [1.54, 1.807) is 0 Å². The maximum absolute atomic E-state index is 12.7. The number of rotatable bonds is 42. The van der Waals surface area contributed by atoms with Crippen LogP contribution >= 0.6 is 0 Å². The van der Waals surface area contributed by atoms with Crippen molar-refractivity contribution in [3.63, 3.8) is 0 Å². The summed E-state index contributed by atoms with van der Waals surface area (Å²) < 4.78 is 16.7. The van der Waals surface area contributed by atoms with Crippen LogP contribution in [0.15, 0.2) is 97.2 Å². The second-order valence-corrected chi connectivity index (χ2v) is 15.8. The van der Waals surface area contributed by atoms with Gasteiger partial charge in [-0.3, -0.25) is 14.4 Å². The summed E-state index contributed by atoms with van der Waals surface area (Å²) in [7, 11) is 0. The van der Waals surface area contributed by atoms with E-state index in [1.807, 2.05) is 36.5 Å². The highest BCUT2D eigenvalue weighted by atomic mass is 16.6. The molecule has 0 amide bonds. The quantitative estimate of drug-likeness (QED) is 0.0200. The van der Waals surface area contributed by atoms with Crippen molar-refractivity contribution < 1.29 is 28.6 Å². The van der Waals surface area contributed by atoms with Crippen molar-refractivity contribution in [2.45, 2.75) is 213 Å². The number of esters is 3. The molecule has 0 saturated heterocycles. The van der Waals surface area contributed by atoms with Crippen molar-refractivity contribution >= 4 is 17.9 Å². The molecular formula is C54H88O6. The van der Waals surface area contributed by atoms with Gasteiger partial charge in [-0.15, -0.1) is 0 Å². The Morgan fingerprint density at radius 1 is 0.367 bits per heavy atom. The smallest absolute Gasteiger partial charge is 0.306 e. The average Bonchev–Trinajstić information content (AvgIpc) is 3.24. The molecule has 0 spiro atoms. The fraction of sp³-hybridized carbons (Fsp3) is 0.648. The molecule has 0 aliphatic carbocycles. The average molecular weight is 833 g/mol. The van der Waals surface area contributed by atoms with E-state index >= 15 is 0 Å². The normalized spacial score (nSPS) is 12.9. The maximum atomic E-state index is 12.7. The van der Waals surface area contributed by atoms with E-state index < -0.39 is 6.10 Å². The van der Waals surface area contributed by atoms with E-state index in [4.69, 9.17) is 14.2 Å². The van der Waals surface area contributed by atoms with Crippen molar-refractivity contribution in [3.05, 3.63) is 97.2 Å². The van der Waals surface area contributed by atoms with E-state index in [0.29, 0.717) is 19.3 Å². The van der Waals surface area contributed by atoms with Gasteiger partial charge in [-0.2, -0.15) is 0 Å². The summed E-state index contributed by atoms with van der Waals surface area (Å²) >= 11 is 0. The molecule has 6 heteroatoms. The molecule has 0 aromatic heterocycles. The molecule has 0 radical (unpaired) electrons. The number of allylic oxidation sites excluding steroid dienone is 16. The van der Waals surface area contributed by atoms with Gasteiger partial charge in [-0.05, 0) is 89.9 Å². The molecule has 0 fully saturated rings. The lowest BCUT2D eigenvalue weighted by atomic mass is 10.1. The highest BCUT2D eigenvalue weighted by Crippen LogP contribution is 2.13. The monoisotopic (exact) mass is 833 g/mol. The molecule has 0 saturated carbocycles. The fourth-order valence-electron chi connectivity index (χ4n) is 6.27. The van der Waals surface area contributed by atoms with Crippen LogP contribution in [0.4, 0.5) is 0 Å². The maximum Gasteiger partial charge on any atom is 0.306 e. The zero-order chi connectivity index (χ0) is 43.7. The highest BCUT2D eigenvalue weighted by Gasteiger charge is 2.19. The van der Waals surface area contributed by atoms with Crippen LogP contribution in [0.25, 0.3) is 0 Å². The zero-order valence-corrected chi connectivity index (χ0v) is 38.7. The van der Waals surface area contributed by atoms with Crippen molar-refractivity contribution in [3.8, 4) is 0 Å². The van der Waals surface area contributed by atoms with Crippen molar-refractivity contribution in [1.82, 2.24) is 0 Å². The summed E-state index contributed by atoms with van der Waals surface area (Å²) in [5, 5.41) is 0. The summed E-state index contributed by atoms with van der Waals surface area (Å²) in [5.74, 6) is -0.954. The third kappa shape index (κ3) is 45.4. The number of carbonyl (C=O) groups is 3. The Labute approximate surface area is 368 Å². The molecule has 60 heavy (non-hydrogen) atoms. The highest BCUT2D eigenvalue weighted by molar-refractivity contribution is 5.71. The predicted molar refractivity (Wildman–Crippen MR) is 256 cm³/mol. The summed E-state index contributed by atoms with van der Waals surface area (Å²) in [4.78, 5) is 37.9. The lowest BCUT2D eigenvalue weighted by Gasteiger charge is -2.18. The molecule has 0 aromatic carbocycles. The van der Waals surface area contributed by atoms with Crippen LogP contribution in [0.3, 0.4) is 0 Å². The van der Waals surface area contributed by atoms with Crippen LogP contribution in [-0.2, 0) is 28.6 Å². The van der Waals surface area contributed by atoms with Gasteiger partial charge in [-0.1, -0.05) is 195 Å². The van der Waals surface area contributed by atoms with Gasteiger partial charge in [0, 0.05) is 19.3 Å². The number of ether oxygens (including phenoxy) is 3. The number of hydrogen-bond acceptors (Lipinski definition) is 6. The molecular weight excluding hydrogens is 745 g/mol. The van der Waals surface area contributed by atoms with Crippen LogP contribution in [0.5, 0.6) is 0 Å². The van der Waals surface area contributed by atoms with Crippen molar-refractivity contribution in [1.29, 1.82) is 0 Å². The van der Waals surface area contributed by atoms with E-state index in [-0.39, 0.29) is 31.1 Å². The second kappa shape index (κ2) is 48.0. The Morgan fingerprint density at radius 2 is 0.750 bits per heavy atom. The Hall–Kier alpha value is -3.67. The number of hydrogen-bond donors (Lipinski definition) is 0. The Morgan fingerprint density at radius 3 is 1.23 bits per heavy atom. The molecule has 1 atom stereocenters. The molecule has 0 aliphatic rings. The van der Waals surface area contributed by atoms with Crippen LogP contribution in [0.2, 0.25) is 0 Å². The van der Waals surface area contributed by atoms with Crippen LogP contribution in [-0.4, -0.2) is 37.2 Å². The van der Waals surface area contributed by atoms with E-state index in [0.717, 1.165) is 128 Å². The van der Waals surface area contributed by atoms with Gasteiger partial charge in [0.05, 0.1) is 0 Å². The van der Waals surface area contributed by atoms with Gasteiger partial charge < -0.3 is 14.2 Å². The SMILES string of the molecule is CC/C=C\C/C=C\CCCCCCCC(=O)OC(COC(=O)CCCCCCC\C=C/C=C\C=C/C=C\C=C/CCC)COC(=O)CCCCCCC/C=C\CCCCC. The summed E-state index contributed by atoms with van der Waals surface area (Å²) in [6.07, 6.45) is 62.4. The molecule has 340 valence electrons. The third-order valence-electron chi connectivity index (χ3n) is 9.90. The molecule has 0 N–H and O–H groups in total. The second-order valence-electron chi connectivity index (χ2n) is 15.8. The lowest BCUT2D eigenvalue weighted by molar-refractivity contribution is -0.167. The molecule has 0 rings (SSSR count). The Kier molecular flexibility index (Phi) is 45.1. The van der Waals surface area contributed by atoms with Gasteiger partial charge in [0.25, 0.3) is 0 Å². The largest absolute Gasteiger partial charge is 0.462 e. The number of carbonyl (C=O) groups excluding carboxylic acids is 3. The minimum atomic E-state index is -0.798. The standard InChI is InChI=1S/C54H88O6/c1-4-7-10-13-16-19-22-25-26-27-28-29-30-33-35-38-41-44-47-53(56)59-50-51(60-54(57)48-45-42-39-36-32-24-21-18-15-12-9-6-3)49-58-52(55)46-43-40-37-34-31-23-20-17-14-11-8-5-2/h9-10,12-13,16-22,25-29,51H,4-8,11,14-15,23-24,30-50H2,1-3H3/b12-9-,13-10-,19-16-,20-17-,21-18-,25-22-,27-26-,29-28-.